The largest absolute Gasteiger partial charge is 0.0698 e. The van der Waals surface area contributed by atoms with E-state index in [1.54, 1.807) is 16.7 Å². The Morgan fingerprint density at radius 1 is 0.941 bits per heavy atom. The Kier molecular flexibility index (Phi) is 1.91. The Hall–Kier alpha value is -1.30. The van der Waals surface area contributed by atoms with Crippen LogP contribution < -0.4 is 0 Å². The van der Waals surface area contributed by atoms with Crippen molar-refractivity contribution in [3.63, 3.8) is 0 Å². The molecule has 0 radical (unpaired) electrons. The summed E-state index contributed by atoms with van der Waals surface area (Å²) in [4.78, 5) is 0. The molecule has 0 aliphatic heterocycles. The van der Waals surface area contributed by atoms with E-state index in [0.29, 0.717) is 5.41 Å². The zero-order valence-corrected chi connectivity index (χ0v) is 10.2. The van der Waals surface area contributed by atoms with Gasteiger partial charge in [-0.15, -0.1) is 0 Å². The SMILES string of the molecule is C1=C(c2ccccc2)C2=C(CCC2)CC12CC2. The Labute approximate surface area is 103 Å². The molecule has 1 saturated carbocycles. The first-order chi connectivity index (χ1) is 8.36. The van der Waals surface area contributed by atoms with Gasteiger partial charge in [-0.25, -0.2) is 0 Å². The summed E-state index contributed by atoms with van der Waals surface area (Å²) in [6.07, 6.45) is 10.9. The first-order valence-electron chi connectivity index (χ1n) is 6.86. The molecule has 0 amide bonds. The van der Waals surface area contributed by atoms with Crippen LogP contribution in [0.3, 0.4) is 0 Å². The van der Waals surface area contributed by atoms with Crippen LogP contribution in [0.4, 0.5) is 0 Å². The zero-order chi connectivity index (χ0) is 11.3. The van der Waals surface area contributed by atoms with Gasteiger partial charge >= 0.3 is 0 Å². The van der Waals surface area contributed by atoms with Crippen molar-refractivity contribution in [1.82, 2.24) is 0 Å². The molecule has 86 valence electrons. The minimum Gasteiger partial charge on any atom is -0.0698 e. The van der Waals surface area contributed by atoms with Crippen LogP contribution in [0.15, 0.2) is 47.6 Å². The van der Waals surface area contributed by atoms with Crippen molar-refractivity contribution in [2.45, 2.75) is 38.5 Å². The third-order valence-corrected chi connectivity index (χ3v) is 4.65. The van der Waals surface area contributed by atoms with E-state index < -0.39 is 0 Å². The number of hydrogen-bond acceptors (Lipinski definition) is 0. The van der Waals surface area contributed by atoms with E-state index in [1.165, 1.54) is 44.1 Å². The molecule has 3 aliphatic rings. The highest BCUT2D eigenvalue weighted by Gasteiger charge is 2.44. The molecule has 0 heterocycles. The summed E-state index contributed by atoms with van der Waals surface area (Å²) < 4.78 is 0. The van der Waals surface area contributed by atoms with Gasteiger partial charge in [0.1, 0.15) is 0 Å². The molecule has 0 heteroatoms. The first kappa shape index (κ1) is 9.70. The van der Waals surface area contributed by atoms with Gasteiger partial charge in [-0.2, -0.15) is 0 Å². The van der Waals surface area contributed by atoms with Gasteiger partial charge in [-0.3, -0.25) is 0 Å². The summed E-state index contributed by atoms with van der Waals surface area (Å²) in [6.45, 7) is 0. The Morgan fingerprint density at radius 2 is 1.76 bits per heavy atom. The fourth-order valence-corrected chi connectivity index (χ4v) is 3.55. The second-order valence-electron chi connectivity index (χ2n) is 5.90. The standard InChI is InChI=1S/C17H18/c1-2-5-13(6-3-1)16-12-17(9-10-17)11-14-7-4-8-15(14)16/h1-3,5-6,12H,4,7-11H2. The fraction of sp³-hybridized carbons (Fsp3) is 0.412. The first-order valence-corrected chi connectivity index (χ1v) is 6.86. The van der Waals surface area contributed by atoms with Crippen LogP contribution in [0.5, 0.6) is 0 Å². The highest BCUT2D eigenvalue weighted by atomic mass is 14.5. The van der Waals surface area contributed by atoms with Crippen LogP contribution in [0.25, 0.3) is 5.57 Å². The molecule has 0 bridgehead atoms. The van der Waals surface area contributed by atoms with Crippen LogP contribution in [-0.4, -0.2) is 0 Å². The summed E-state index contributed by atoms with van der Waals surface area (Å²) in [5, 5.41) is 0. The van der Waals surface area contributed by atoms with Crippen LogP contribution in [-0.2, 0) is 0 Å². The minimum atomic E-state index is 0.578. The predicted molar refractivity (Wildman–Crippen MR) is 71.6 cm³/mol. The number of allylic oxidation sites excluding steroid dienone is 4. The van der Waals surface area contributed by atoms with E-state index in [4.69, 9.17) is 0 Å². The molecular weight excluding hydrogens is 204 g/mol. The maximum atomic E-state index is 2.60. The van der Waals surface area contributed by atoms with Crippen LogP contribution in [0.2, 0.25) is 0 Å². The predicted octanol–water partition coefficient (Wildman–Crippen LogP) is 4.73. The van der Waals surface area contributed by atoms with Crippen molar-refractivity contribution in [3.05, 3.63) is 53.1 Å². The van der Waals surface area contributed by atoms with Gasteiger partial charge in [0.15, 0.2) is 0 Å². The quantitative estimate of drug-likeness (QED) is 0.644. The highest BCUT2D eigenvalue weighted by Crippen LogP contribution is 2.59. The average Bonchev–Trinajstić information content (AvgIpc) is 2.94. The molecule has 1 fully saturated rings. The van der Waals surface area contributed by atoms with E-state index >= 15 is 0 Å². The van der Waals surface area contributed by atoms with Crippen molar-refractivity contribution in [3.8, 4) is 0 Å². The van der Waals surface area contributed by atoms with E-state index in [0.717, 1.165) is 0 Å². The summed E-state index contributed by atoms with van der Waals surface area (Å²) >= 11 is 0. The van der Waals surface area contributed by atoms with Crippen LogP contribution in [0.1, 0.15) is 44.1 Å². The molecule has 17 heavy (non-hydrogen) atoms. The van der Waals surface area contributed by atoms with Gasteiger partial charge in [-0.05, 0) is 60.6 Å². The van der Waals surface area contributed by atoms with Crippen LogP contribution >= 0.6 is 0 Å². The highest BCUT2D eigenvalue weighted by molar-refractivity contribution is 5.82. The van der Waals surface area contributed by atoms with Gasteiger partial charge in [0.05, 0.1) is 0 Å². The van der Waals surface area contributed by atoms with Crippen molar-refractivity contribution in [2.24, 2.45) is 5.41 Å². The third-order valence-electron chi connectivity index (χ3n) is 4.65. The molecule has 3 aliphatic carbocycles. The lowest BCUT2D eigenvalue weighted by molar-refractivity contribution is 0.624. The Balaban J connectivity index is 1.84. The molecule has 0 nitrogen and oxygen atoms in total. The second-order valence-corrected chi connectivity index (χ2v) is 5.90. The molecule has 0 aromatic heterocycles. The topological polar surface area (TPSA) is 0 Å². The van der Waals surface area contributed by atoms with Gasteiger partial charge in [0.25, 0.3) is 0 Å². The van der Waals surface area contributed by atoms with Crippen molar-refractivity contribution < 1.29 is 0 Å². The van der Waals surface area contributed by atoms with Crippen LogP contribution in [0, 0.1) is 5.41 Å². The average molecular weight is 222 g/mol. The smallest absolute Gasteiger partial charge is 0.00710 e. The molecule has 1 spiro atoms. The van der Waals surface area contributed by atoms with E-state index in [2.05, 4.69) is 36.4 Å². The lowest BCUT2D eigenvalue weighted by Gasteiger charge is -2.23. The lowest BCUT2D eigenvalue weighted by Crippen LogP contribution is -2.07. The number of hydrogen-bond donors (Lipinski definition) is 0. The lowest BCUT2D eigenvalue weighted by atomic mass is 9.81. The van der Waals surface area contributed by atoms with E-state index in [1.807, 2.05) is 0 Å². The third kappa shape index (κ3) is 1.50. The molecule has 0 unspecified atom stereocenters. The van der Waals surface area contributed by atoms with Gasteiger partial charge in [0, 0.05) is 0 Å². The minimum absolute atomic E-state index is 0.578. The summed E-state index contributed by atoms with van der Waals surface area (Å²) in [5.74, 6) is 0. The molecular formula is C17H18. The Morgan fingerprint density at radius 3 is 2.53 bits per heavy atom. The van der Waals surface area contributed by atoms with Crippen molar-refractivity contribution in [1.29, 1.82) is 0 Å². The maximum absolute atomic E-state index is 2.60. The van der Waals surface area contributed by atoms with Crippen molar-refractivity contribution in [2.75, 3.05) is 0 Å². The van der Waals surface area contributed by atoms with Gasteiger partial charge in [-0.1, -0.05) is 42.0 Å². The molecule has 4 rings (SSSR count). The number of rotatable bonds is 1. The Bertz CT molecular complexity index is 512. The van der Waals surface area contributed by atoms with Crippen molar-refractivity contribution >= 4 is 5.57 Å². The molecule has 0 atom stereocenters. The fourth-order valence-electron chi connectivity index (χ4n) is 3.55. The molecule has 0 N–H and O–H groups in total. The molecule has 0 saturated heterocycles. The number of benzene rings is 1. The summed E-state index contributed by atoms with van der Waals surface area (Å²) in [6, 6.07) is 11.0. The molecule has 1 aromatic carbocycles. The normalized spacial score (nSPS) is 24.8. The maximum Gasteiger partial charge on any atom is -0.00710 e. The van der Waals surface area contributed by atoms with Gasteiger partial charge in [0.2, 0.25) is 0 Å². The zero-order valence-electron chi connectivity index (χ0n) is 10.2. The van der Waals surface area contributed by atoms with E-state index in [-0.39, 0.29) is 0 Å². The molecule has 1 aromatic rings. The summed E-state index contributed by atoms with van der Waals surface area (Å²) in [7, 11) is 0. The van der Waals surface area contributed by atoms with E-state index in [9.17, 15) is 0 Å². The second kappa shape index (κ2) is 3.35. The monoisotopic (exact) mass is 222 g/mol. The summed E-state index contributed by atoms with van der Waals surface area (Å²) in [5.41, 5.74) is 7.06. The van der Waals surface area contributed by atoms with Gasteiger partial charge < -0.3 is 0 Å².